The summed E-state index contributed by atoms with van der Waals surface area (Å²) in [5.74, 6) is 0.613. The zero-order chi connectivity index (χ0) is 11.7. The lowest BCUT2D eigenvalue weighted by molar-refractivity contribution is 0.593. The van der Waals surface area contributed by atoms with Gasteiger partial charge in [0.25, 0.3) is 6.01 Å². The first-order chi connectivity index (χ1) is 7.61. The van der Waals surface area contributed by atoms with Gasteiger partial charge in [0.15, 0.2) is 5.76 Å². The minimum Gasteiger partial charge on any atom is -0.423 e. The number of hydrogen-bond acceptors (Lipinski definition) is 3. The predicted molar refractivity (Wildman–Crippen MR) is 65.7 cm³/mol. The fourth-order valence-electron chi connectivity index (χ4n) is 1.49. The van der Waals surface area contributed by atoms with E-state index in [4.69, 9.17) is 33.4 Å². The van der Waals surface area contributed by atoms with E-state index < -0.39 is 0 Å². The molecule has 1 heterocycles. The highest BCUT2D eigenvalue weighted by atomic mass is 35.5. The number of hydrogen-bond donors (Lipinski definition) is 1. The summed E-state index contributed by atoms with van der Waals surface area (Å²) in [5, 5.41) is 1.11. The van der Waals surface area contributed by atoms with Crippen molar-refractivity contribution in [2.45, 2.75) is 13.3 Å². The lowest BCUT2D eigenvalue weighted by Gasteiger charge is -2.02. The molecule has 2 aromatic rings. The van der Waals surface area contributed by atoms with Crippen molar-refractivity contribution in [3.8, 4) is 11.3 Å². The molecule has 0 aliphatic rings. The molecule has 3 nitrogen and oxygen atoms in total. The van der Waals surface area contributed by atoms with Crippen LogP contribution in [0.15, 0.2) is 22.6 Å². The number of nitrogen functional groups attached to an aromatic ring is 1. The van der Waals surface area contributed by atoms with Gasteiger partial charge in [0.05, 0.1) is 10.7 Å². The molecule has 0 aliphatic heterocycles. The minimum absolute atomic E-state index is 0.151. The molecule has 0 saturated carbocycles. The zero-order valence-electron chi connectivity index (χ0n) is 8.63. The van der Waals surface area contributed by atoms with Crippen molar-refractivity contribution in [1.29, 1.82) is 0 Å². The van der Waals surface area contributed by atoms with Crippen molar-refractivity contribution < 1.29 is 4.42 Å². The van der Waals surface area contributed by atoms with Crippen LogP contribution in [0.3, 0.4) is 0 Å². The summed E-state index contributed by atoms with van der Waals surface area (Å²) in [4.78, 5) is 4.09. The molecule has 0 radical (unpaired) electrons. The van der Waals surface area contributed by atoms with E-state index in [2.05, 4.69) is 4.98 Å². The van der Waals surface area contributed by atoms with Crippen molar-refractivity contribution in [3.05, 3.63) is 33.9 Å². The van der Waals surface area contributed by atoms with Gasteiger partial charge in [0.1, 0.15) is 0 Å². The Bertz CT molecular complexity index is 523. The Balaban J connectivity index is 2.57. The van der Waals surface area contributed by atoms with E-state index in [9.17, 15) is 0 Å². The molecule has 1 aromatic carbocycles. The number of halogens is 2. The van der Waals surface area contributed by atoms with E-state index in [0.29, 0.717) is 15.8 Å². The first-order valence-corrected chi connectivity index (χ1v) is 5.58. The van der Waals surface area contributed by atoms with Crippen LogP contribution >= 0.6 is 23.2 Å². The summed E-state index contributed by atoms with van der Waals surface area (Å²) < 4.78 is 5.35. The van der Waals surface area contributed by atoms with Crippen LogP contribution in [0.2, 0.25) is 10.0 Å². The summed E-state index contributed by atoms with van der Waals surface area (Å²) in [6.07, 6.45) is 0.731. The molecule has 0 aliphatic carbocycles. The van der Waals surface area contributed by atoms with E-state index >= 15 is 0 Å². The number of rotatable bonds is 2. The van der Waals surface area contributed by atoms with E-state index in [0.717, 1.165) is 17.7 Å². The van der Waals surface area contributed by atoms with Gasteiger partial charge >= 0.3 is 0 Å². The van der Waals surface area contributed by atoms with Gasteiger partial charge in [-0.25, -0.2) is 0 Å². The maximum atomic E-state index is 6.09. The van der Waals surface area contributed by atoms with Crippen LogP contribution in [0.25, 0.3) is 11.3 Å². The molecule has 1 aromatic heterocycles. The van der Waals surface area contributed by atoms with Crippen LogP contribution < -0.4 is 5.73 Å². The second-order valence-electron chi connectivity index (χ2n) is 3.31. The fourth-order valence-corrected chi connectivity index (χ4v) is 1.99. The normalized spacial score (nSPS) is 10.7. The number of oxazole rings is 1. The number of aryl methyl sites for hydroxylation is 1. The number of anilines is 1. The maximum absolute atomic E-state index is 6.09. The van der Waals surface area contributed by atoms with Crippen molar-refractivity contribution in [2.75, 3.05) is 5.73 Å². The molecule has 5 heteroatoms. The monoisotopic (exact) mass is 256 g/mol. The molecule has 0 fully saturated rings. The lowest BCUT2D eigenvalue weighted by atomic mass is 10.1. The van der Waals surface area contributed by atoms with Crippen LogP contribution in [-0.4, -0.2) is 4.98 Å². The van der Waals surface area contributed by atoms with Crippen molar-refractivity contribution in [3.63, 3.8) is 0 Å². The summed E-state index contributed by atoms with van der Waals surface area (Å²) in [6.45, 7) is 1.98. The molecule has 0 saturated heterocycles. The van der Waals surface area contributed by atoms with Crippen LogP contribution in [0.5, 0.6) is 0 Å². The standard InChI is InChI=1S/C11H10Cl2N2O/c1-2-9-10(16-11(14)15-9)7-4-3-6(12)5-8(7)13/h3-5H,2H2,1H3,(H2,14,15). The van der Waals surface area contributed by atoms with Gasteiger partial charge in [-0.3, -0.25) is 0 Å². The molecule has 0 spiro atoms. The Kier molecular flexibility index (Phi) is 3.08. The molecular formula is C11H10Cl2N2O. The van der Waals surface area contributed by atoms with E-state index in [-0.39, 0.29) is 6.01 Å². The number of nitrogens with two attached hydrogens (primary N) is 1. The van der Waals surface area contributed by atoms with Gasteiger partial charge in [-0.1, -0.05) is 30.1 Å². The molecule has 0 bridgehead atoms. The van der Waals surface area contributed by atoms with Gasteiger partial charge in [0, 0.05) is 10.6 Å². The lowest BCUT2D eigenvalue weighted by Crippen LogP contribution is -1.86. The third kappa shape index (κ3) is 2.01. The third-order valence-electron chi connectivity index (χ3n) is 2.22. The second-order valence-corrected chi connectivity index (χ2v) is 4.15. The van der Waals surface area contributed by atoms with Gasteiger partial charge in [-0.15, -0.1) is 0 Å². The summed E-state index contributed by atoms with van der Waals surface area (Å²) in [7, 11) is 0. The highest BCUT2D eigenvalue weighted by molar-refractivity contribution is 6.36. The molecule has 16 heavy (non-hydrogen) atoms. The predicted octanol–water partition coefficient (Wildman–Crippen LogP) is 3.79. The first kappa shape index (κ1) is 11.3. The number of benzene rings is 1. The van der Waals surface area contributed by atoms with Crippen molar-refractivity contribution in [2.24, 2.45) is 0 Å². The van der Waals surface area contributed by atoms with Crippen LogP contribution in [0.1, 0.15) is 12.6 Å². The smallest absolute Gasteiger partial charge is 0.292 e. The molecule has 0 atom stereocenters. The Labute approximate surface area is 103 Å². The highest BCUT2D eigenvalue weighted by Gasteiger charge is 2.15. The quantitative estimate of drug-likeness (QED) is 0.890. The van der Waals surface area contributed by atoms with Crippen LogP contribution in [0.4, 0.5) is 6.01 Å². The van der Waals surface area contributed by atoms with Gasteiger partial charge in [-0.2, -0.15) is 4.98 Å². The number of aromatic nitrogens is 1. The second kappa shape index (κ2) is 4.36. The largest absolute Gasteiger partial charge is 0.423 e. The van der Waals surface area contributed by atoms with E-state index in [1.165, 1.54) is 0 Å². The molecule has 84 valence electrons. The Morgan fingerprint density at radius 3 is 2.75 bits per heavy atom. The molecule has 2 rings (SSSR count). The third-order valence-corrected chi connectivity index (χ3v) is 2.77. The van der Waals surface area contributed by atoms with Gasteiger partial charge < -0.3 is 10.2 Å². The Morgan fingerprint density at radius 2 is 2.12 bits per heavy atom. The average Bonchev–Trinajstić information content (AvgIpc) is 2.59. The highest BCUT2D eigenvalue weighted by Crippen LogP contribution is 2.33. The van der Waals surface area contributed by atoms with Crippen LogP contribution in [-0.2, 0) is 6.42 Å². The maximum Gasteiger partial charge on any atom is 0.292 e. The Hall–Kier alpha value is -1.19. The fraction of sp³-hybridized carbons (Fsp3) is 0.182. The SMILES string of the molecule is CCc1nc(N)oc1-c1ccc(Cl)cc1Cl. The van der Waals surface area contributed by atoms with Gasteiger partial charge in [0.2, 0.25) is 0 Å². The number of nitrogens with zero attached hydrogens (tertiary/aromatic N) is 1. The minimum atomic E-state index is 0.151. The van der Waals surface area contributed by atoms with Crippen LogP contribution in [0, 0.1) is 0 Å². The summed E-state index contributed by atoms with van der Waals surface area (Å²) in [6, 6.07) is 5.36. The van der Waals surface area contributed by atoms with Gasteiger partial charge in [-0.05, 0) is 24.6 Å². The van der Waals surface area contributed by atoms with Crippen molar-refractivity contribution >= 4 is 29.2 Å². The first-order valence-electron chi connectivity index (χ1n) is 4.82. The van der Waals surface area contributed by atoms with E-state index in [1.807, 2.05) is 6.92 Å². The molecule has 0 unspecified atom stereocenters. The molecule has 0 amide bonds. The molecular weight excluding hydrogens is 247 g/mol. The summed E-state index contributed by atoms with van der Waals surface area (Å²) >= 11 is 11.9. The van der Waals surface area contributed by atoms with E-state index in [1.54, 1.807) is 18.2 Å². The zero-order valence-corrected chi connectivity index (χ0v) is 10.1. The topological polar surface area (TPSA) is 52.0 Å². The average molecular weight is 257 g/mol. The Morgan fingerprint density at radius 1 is 1.38 bits per heavy atom. The van der Waals surface area contributed by atoms with Crippen molar-refractivity contribution in [1.82, 2.24) is 4.98 Å². The molecule has 2 N–H and O–H groups in total. The summed E-state index contributed by atoms with van der Waals surface area (Å²) in [5.41, 5.74) is 7.08.